The second-order valence-corrected chi connectivity index (χ2v) is 8.22. The van der Waals surface area contributed by atoms with Gasteiger partial charge in [-0.25, -0.2) is 4.99 Å². The summed E-state index contributed by atoms with van der Waals surface area (Å²) >= 11 is 0. The minimum atomic E-state index is 0.269. The average molecular weight is 446 g/mol. The highest BCUT2D eigenvalue weighted by molar-refractivity contribution is 5.96. The van der Waals surface area contributed by atoms with Crippen LogP contribution in [0.2, 0.25) is 0 Å². The lowest BCUT2D eigenvalue weighted by Gasteiger charge is -2.19. The van der Waals surface area contributed by atoms with Crippen LogP contribution in [0.1, 0.15) is 30.5 Å². The largest absolute Gasteiger partial charge is 0.478 e. The molecule has 5 N–H and O–H groups in total. The van der Waals surface area contributed by atoms with Crippen LogP contribution >= 0.6 is 0 Å². The van der Waals surface area contributed by atoms with Crippen molar-refractivity contribution in [3.8, 4) is 16.9 Å². The second kappa shape index (κ2) is 10.9. The van der Waals surface area contributed by atoms with E-state index in [1.165, 1.54) is 16.7 Å². The van der Waals surface area contributed by atoms with Crippen LogP contribution in [0.25, 0.3) is 11.1 Å². The summed E-state index contributed by atoms with van der Waals surface area (Å²) in [5, 5.41) is 3.14. The highest BCUT2D eigenvalue weighted by atomic mass is 16.5. The summed E-state index contributed by atoms with van der Waals surface area (Å²) in [7, 11) is 0. The quantitative estimate of drug-likeness (QED) is 0.182. The maximum Gasteiger partial charge on any atom is 0.198 e. The Morgan fingerprint density at radius 3 is 2.24 bits per heavy atom. The van der Waals surface area contributed by atoms with Crippen LogP contribution in [-0.2, 0) is 0 Å². The van der Waals surface area contributed by atoms with E-state index >= 15 is 0 Å². The molecule has 3 aromatic carbocycles. The number of aliphatic imine (C=N–C) groups is 1. The highest BCUT2D eigenvalue weighted by Crippen LogP contribution is 2.35. The minimum Gasteiger partial charge on any atom is -0.478 e. The Labute approximate surface area is 197 Å². The van der Waals surface area contributed by atoms with E-state index in [0.717, 1.165) is 35.7 Å². The van der Waals surface area contributed by atoms with Gasteiger partial charge in [-0.1, -0.05) is 38.1 Å². The summed E-state index contributed by atoms with van der Waals surface area (Å²) in [5.41, 5.74) is 20.4. The Kier molecular flexibility index (Phi) is 7.96. The summed E-state index contributed by atoms with van der Waals surface area (Å²) < 4.78 is 5.89. The van der Waals surface area contributed by atoms with Crippen LogP contribution in [-0.4, -0.2) is 30.7 Å². The Hall–Kier alpha value is -3.51. The molecule has 0 aliphatic carbocycles. The van der Waals surface area contributed by atoms with E-state index in [4.69, 9.17) is 16.2 Å². The number of ether oxygens (including phenoxy) is 1. The fraction of sp³-hybridized carbons (Fsp3) is 0.296. The van der Waals surface area contributed by atoms with Crippen molar-refractivity contribution in [1.29, 1.82) is 0 Å². The van der Waals surface area contributed by atoms with Gasteiger partial charge in [-0.3, -0.25) is 4.90 Å². The van der Waals surface area contributed by atoms with Gasteiger partial charge >= 0.3 is 0 Å². The van der Waals surface area contributed by atoms with E-state index in [9.17, 15) is 0 Å². The molecule has 6 heteroatoms. The van der Waals surface area contributed by atoms with Crippen molar-refractivity contribution in [2.75, 3.05) is 30.9 Å². The molecule has 0 aliphatic heterocycles. The monoisotopic (exact) mass is 445 g/mol. The predicted octanol–water partition coefficient (Wildman–Crippen LogP) is 5.60. The molecule has 0 fully saturated rings. The third-order valence-electron chi connectivity index (χ3n) is 5.75. The first kappa shape index (κ1) is 24.1. The Morgan fingerprint density at radius 1 is 0.939 bits per heavy atom. The molecule has 0 bridgehead atoms. The Morgan fingerprint density at radius 2 is 1.61 bits per heavy atom. The van der Waals surface area contributed by atoms with E-state index in [2.05, 4.69) is 67.2 Å². The molecule has 0 aliphatic rings. The number of anilines is 2. The lowest BCUT2D eigenvalue weighted by molar-refractivity contribution is 0.137. The molecule has 0 saturated heterocycles. The van der Waals surface area contributed by atoms with Crippen molar-refractivity contribution >= 4 is 23.0 Å². The normalized spacial score (nSPS) is 11.6. The van der Waals surface area contributed by atoms with Crippen molar-refractivity contribution in [2.24, 2.45) is 10.7 Å². The van der Waals surface area contributed by atoms with Gasteiger partial charge in [0.1, 0.15) is 12.5 Å². The molecule has 0 aromatic heterocycles. The number of nitrogens with one attached hydrogen (secondary N) is 1. The third-order valence-corrected chi connectivity index (χ3v) is 5.75. The van der Waals surface area contributed by atoms with Crippen LogP contribution in [0.3, 0.4) is 0 Å². The molecule has 33 heavy (non-hydrogen) atoms. The first-order chi connectivity index (χ1) is 15.8. The van der Waals surface area contributed by atoms with Crippen LogP contribution < -0.4 is 21.5 Å². The van der Waals surface area contributed by atoms with E-state index in [0.29, 0.717) is 18.1 Å². The van der Waals surface area contributed by atoms with Gasteiger partial charge in [0.2, 0.25) is 0 Å². The molecule has 0 atom stereocenters. The van der Waals surface area contributed by atoms with Crippen LogP contribution in [0.5, 0.6) is 5.75 Å². The summed E-state index contributed by atoms with van der Waals surface area (Å²) in [6.07, 6.45) is 0. The van der Waals surface area contributed by atoms with Crippen molar-refractivity contribution < 1.29 is 4.74 Å². The number of hydrogen-bond donors (Lipinski definition) is 3. The van der Waals surface area contributed by atoms with Crippen molar-refractivity contribution in [3.05, 3.63) is 71.3 Å². The fourth-order valence-corrected chi connectivity index (χ4v) is 3.91. The van der Waals surface area contributed by atoms with Gasteiger partial charge in [-0.2, -0.15) is 0 Å². The van der Waals surface area contributed by atoms with Gasteiger partial charge in [0.05, 0.1) is 11.4 Å². The number of aryl methyl sites for hydroxylation is 3. The van der Waals surface area contributed by atoms with Gasteiger partial charge in [0.15, 0.2) is 5.96 Å². The molecule has 3 rings (SSSR count). The van der Waals surface area contributed by atoms with Crippen molar-refractivity contribution in [3.63, 3.8) is 0 Å². The molecule has 0 amide bonds. The van der Waals surface area contributed by atoms with Gasteiger partial charge in [0.25, 0.3) is 0 Å². The first-order valence-corrected chi connectivity index (χ1v) is 11.4. The average Bonchev–Trinajstić information content (AvgIpc) is 2.77. The zero-order chi connectivity index (χ0) is 24.0. The minimum absolute atomic E-state index is 0.269. The molecule has 0 unspecified atom stereocenters. The van der Waals surface area contributed by atoms with E-state index in [1.54, 1.807) is 0 Å². The standard InChI is InChI=1S/C27H35N5O/c1-6-32(7-2)17-33-23-13-9-12-22(16-23)30-27(29)31-26-20(5)14-21(15-24(26)28)25-18(3)10-8-11-19(25)4/h8-16H,6-7,17,28H2,1-5H3,(H3,29,30,31). The van der Waals surface area contributed by atoms with Gasteiger partial charge in [0, 0.05) is 11.8 Å². The van der Waals surface area contributed by atoms with Crippen molar-refractivity contribution in [1.82, 2.24) is 4.90 Å². The smallest absolute Gasteiger partial charge is 0.198 e. The molecular formula is C27H35N5O. The van der Waals surface area contributed by atoms with Gasteiger partial charge < -0.3 is 21.5 Å². The maximum atomic E-state index is 6.40. The molecule has 174 valence electrons. The van der Waals surface area contributed by atoms with Crippen LogP contribution in [0, 0.1) is 20.8 Å². The number of nitrogens with zero attached hydrogens (tertiary/aromatic N) is 2. The van der Waals surface area contributed by atoms with Crippen molar-refractivity contribution in [2.45, 2.75) is 34.6 Å². The number of guanidine groups is 1. The number of rotatable bonds is 8. The summed E-state index contributed by atoms with van der Waals surface area (Å²) in [6, 6.07) is 18.1. The summed E-state index contributed by atoms with van der Waals surface area (Å²) in [6.45, 7) is 12.9. The third kappa shape index (κ3) is 6.05. The lowest BCUT2D eigenvalue weighted by atomic mass is 9.94. The first-order valence-electron chi connectivity index (χ1n) is 11.4. The summed E-state index contributed by atoms with van der Waals surface area (Å²) in [5.74, 6) is 1.04. The number of benzene rings is 3. The zero-order valence-corrected chi connectivity index (χ0v) is 20.3. The predicted molar refractivity (Wildman–Crippen MR) is 140 cm³/mol. The SMILES string of the molecule is CCN(CC)COc1cccc(NC(N)=Nc2c(C)cc(-c3c(C)cccc3C)cc2N)c1. The summed E-state index contributed by atoms with van der Waals surface area (Å²) in [4.78, 5) is 6.77. The van der Waals surface area contributed by atoms with Gasteiger partial charge in [-0.15, -0.1) is 0 Å². The number of nitrogen functional groups attached to an aromatic ring is 1. The maximum absolute atomic E-state index is 6.40. The van der Waals surface area contributed by atoms with E-state index in [1.807, 2.05) is 37.3 Å². The molecule has 6 nitrogen and oxygen atoms in total. The van der Waals surface area contributed by atoms with Crippen LogP contribution in [0.4, 0.5) is 17.1 Å². The molecule has 0 radical (unpaired) electrons. The topological polar surface area (TPSA) is 88.9 Å². The molecule has 0 heterocycles. The number of hydrogen-bond acceptors (Lipinski definition) is 4. The molecule has 0 spiro atoms. The number of nitrogens with two attached hydrogens (primary N) is 2. The van der Waals surface area contributed by atoms with E-state index in [-0.39, 0.29) is 5.96 Å². The fourth-order valence-electron chi connectivity index (χ4n) is 3.91. The zero-order valence-electron chi connectivity index (χ0n) is 20.3. The highest BCUT2D eigenvalue weighted by Gasteiger charge is 2.11. The Bertz CT molecular complexity index is 1090. The van der Waals surface area contributed by atoms with Crippen LogP contribution in [0.15, 0.2) is 59.6 Å². The molecule has 0 saturated carbocycles. The molecule has 3 aromatic rings. The Balaban J connectivity index is 1.79. The van der Waals surface area contributed by atoms with E-state index < -0.39 is 0 Å². The van der Waals surface area contributed by atoms with Gasteiger partial charge in [-0.05, 0) is 85.9 Å². The second-order valence-electron chi connectivity index (χ2n) is 8.22. The molecular weight excluding hydrogens is 410 g/mol. The lowest BCUT2D eigenvalue weighted by Crippen LogP contribution is -2.27.